The molecule has 0 saturated heterocycles. The van der Waals surface area contributed by atoms with Crippen LogP contribution in [0.1, 0.15) is 103 Å². The number of hydrogen-bond acceptors (Lipinski definition) is 0. The number of benzene rings is 5. The second kappa shape index (κ2) is 16.7. The third kappa shape index (κ3) is 7.00. The summed E-state index contributed by atoms with van der Waals surface area (Å²) in [6.45, 7) is 20.6. The van der Waals surface area contributed by atoms with Gasteiger partial charge in [0.1, 0.15) is 0 Å². The van der Waals surface area contributed by atoms with Gasteiger partial charge in [0.15, 0.2) is 0 Å². The molecular weight excluding hydrogens is 821 g/mol. The number of nitrogens with zero attached hydrogens (tertiary/aromatic N) is 2. The highest BCUT2D eigenvalue weighted by Crippen LogP contribution is 2.51. The van der Waals surface area contributed by atoms with E-state index >= 15 is 0 Å². The van der Waals surface area contributed by atoms with Gasteiger partial charge in [-0.2, -0.15) is 0 Å². The van der Waals surface area contributed by atoms with Gasteiger partial charge in [0.05, 0.1) is 11.2 Å². The van der Waals surface area contributed by atoms with Crippen molar-refractivity contribution in [2.75, 3.05) is 0 Å². The van der Waals surface area contributed by atoms with Crippen LogP contribution in [-0.4, -0.2) is 9.13 Å². The minimum atomic E-state index is -0.235. The highest BCUT2D eigenvalue weighted by molar-refractivity contribution is 6.00. The largest absolute Gasteiger partial charge is 0.314 e. The molecule has 0 unspecified atom stereocenters. The van der Waals surface area contributed by atoms with Crippen molar-refractivity contribution in [1.29, 1.82) is 0 Å². The molecule has 0 amide bonds. The van der Waals surface area contributed by atoms with E-state index in [-0.39, 0.29) is 10.8 Å². The number of hydrogen-bond donors (Lipinski definition) is 0. The van der Waals surface area contributed by atoms with Crippen molar-refractivity contribution >= 4 is 34.7 Å². The summed E-state index contributed by atoms with van der Waals surface area (Å²) >= 11 is 0. The predicted octanol–water partition coefficient (Wildman–Crippen LogP) is 17.0. The molecule has 2 heterocycles. The highest BCUT2D eigenvalue weighted by atomic mass is 15.0. The maximum atomic E-state index is 4.55. The fourth-order valence-electron chi connectivity index (χ4n) is 11.5. The lowest BCUT2D eigenvalue weighted by molar-refractivity contribution is 0.634. The summed E-state index contributed by atoms with van der Waals surface area (Å²) in [7, 11) is 0. The van der Waals surface area contributed by atoms with E-state index < -0.39 is 0 Å². The van der Waals surface area contributed by atoms with E-state index in [0.29, 0.717) is 0 Å². The molecule has 2 nitrogen and oxygen atoms in total. The van der Waals surface area contributed by atoms with E-state index in [0.717, 1.165) is 24.8 Å². The monoisotopic (exact) mass is 880 g/mol. The lowest BCUT2D eigenvalue weighted by Gasteiger charge is -2.29. The van der Waals surface area contributed by atoms with Crippen LogP contribution in [0, 0.1) is 6.92 Å². The van der Waals surface area contributed by atoms with Crippen molar-refractivity contribution in [3.63, 3.8) is 0 Å². The highest BCUT2D eigenvalue weighted by Gasteiger charge is 2.36. The Balaban J connectivity index is 1.06. The molecule has 4 aliphatic carbocycles. The topological polar surface area (TPSA) is 9.86 Å². The van der Waals surface area contributed by atoms with Gasteiger partial charge in [0.2, 0.25) is 0 Å². The Kier molecular flexibility index (Phi) is 10.6. The summed E-state index contributed by atoms with van der Waals surface area (Å²) in [5.41, 5.74) is 26.5. The minimum Gasteiger partial charge on any atom is -0.314 e. The van der Waals surface area contributed by atoms with E-state index in [1.165, 1.54) is 117 Å². The quantitative estimate of drug-likeness (QED) is 0.147. The Bertz CT molecular complexity index is 3490. The first kappa shape index (κ1) is 43.2. The van der Waals surface area contributed by atoms with Crippen LogP contribution in [-0.2, 0) is 30.1 Å². The molecule has 0 aliphatic heterocycles. The summed E-state index contributed by atoms with van der Waals surface area (Å²) in [6.07, 6.45) is 34.0. The van der Waals surface area contributed by atoms with Crippen LogP contribution in [0.4, 0.5) is 0 Å². The average molecular weight is 881 g/mol. The van der Waals surface area contributed by atoms with Crippen LogP contribution in [0.5, 0.6) is 0 Å². The zero-order chi connectivity index (χ0) is 46.9. The second-order valence-electron chi connectivity index (χ2n) is 20.1. The summed E-state index contributed by atoms with van der Waals surface area (Å²) in [6, 6.07) is 39.3. The zero-order valence-corrected chi connectivity index (χ0v) is 40.6. The van der Waals surface area contributed by atoms with Crippen molar-refractivity contribution in [2.45, 2.75) is 78.6 Å². The third-order valence-electron chi connectivity index (χ3n) is 15.5. The van der Waals surface area contributed by atoms with Crippen LogP contribution >= 0.6 is 0 Å². The molecule has 2 aromatic heterocycles. The zero-order valence-electron chi connectivity index (χ0n) is 40.6. The molecule has 4 aliphatic rings. The fraction of sp³-hybridized carbons (Fsp3) is 0.182. The Morgan fingerprint density at radius 2 is 1.37 bits per heavy atom. The number of aromatic nitrogens is 2. The molecule has 0 N–H and O–H groups in total. The summed E-state index contributed by atoms with van der Waals surface area (Å²) in [5, 5.41) is 1.27. The Morgan fingerprint density at radius 3 is 2.19 bits per heavy atom. The number of rotatable bonds is 6. The smallest absolute Gasteiger partial charge is 0.0538 e. The maximum Gasteiger partial charge on any atom is 0.0538 e. The third-order valence-corrected chi connectivity index (χ3v) is 15.5. The molecule has 2 heteroatoms. The number of fused-ring (bicyclic) bond motifs is 8. The molecule has 0 saturated carbocycles. The van der Waals surface area contributed by atoms with Crippen LogP contribution in [0.25, 0.3) is 68.3 Å². The molecule has 7 aromatic rings. The molecule has 0 fully saturated rings. The molecule has 0 atom stereocenters. The van der Waals surface area contributed by atoms with Gasteiger partial charge in [-0.05, 0) is 160 Å². The van der Waals surface area contributed by atoms with Crippen molar-refractivity contribution in [3.8, 4) is 33.6 Å². The summed E-state index contributed by atoms with van der Waals surface area (Å²) < 4.78 is 5.05. The van der Waals surface area contributed by atoms with E-state index in [9.17, 15) is 0 Å². The van der Waals surface area contributed by atoms with Gasteiger partial charge in [-0.3, -0.25) is 0 Å². The molecule has 0 radical (unpaired) electrons. The summed E-state index contributed by atoms with van der Waals surface area (Å²) in [4.78, 5) is 0. The molecule has 68 heavy (non-hydrogen) atoms. The van der Waals surface area contributed by atoms with Crippen LogP contribution in [0.15, 0.2) is 188 Å². The van der Waals surface area contributed by atoms with E-state index in [1.54, 1.807) is 0 Å². The van der Waals surface area contributed by atoms with Crippen LogP contribution in [0.2, 0.25) is 0 Å². The Hall–Kier alpha value is -7.42. The van der Waals surface area contributed by atoms with Crippen LogP contribution in [0.3, 0.4) is 0 Å². The molecule has 334 valence electrons. The average Bonchev–Trinajstić information content (AvgIpc) is 3.71. The van der Waals surface area contributed by atoms with Gasteiger partial charge < -0.3 is 9.13 Å². The van der Waals surface area contributed by atoms with Crippen molar-refractivity contribution < 1.29 is 0 Å². The molecule has 11 rings (SSSR count). The standard InChI is InChI=1S/C66H60N2/c1-9-10-14-25-52-45(4)67(50-32-29-47-24-18-11-15-21-44(3)65(5,6)60(47)40-50)64-42-56(43(2)28-34-55(52)64)49-31-37-63-58(39-49)54-26-19-13-20-27-62(54)68(63)51-33-35-53-57-38-48(46-22-16-12-17-23-46)30-36-59(57)66(7,8)61(53)41-51/h9-23,25-26,28-33,35-42H,3,24,27,34H2,1-2,4-8H3/b10-9-,18-11-,21-15-,25-14-. The van der Waals surface area contributed by atoms with Gasteiger partial charge in [-0.1, -0.05) is 174 Å². The lowest BCUT2D eigenvalue weighted by atomic mass is 9.75. The van der Waals surface area contributed by atoms with Gasteiger partial charge in [-0.25, -0.2) is 0 Å². The van der Waals surface area contributed by atoms with Crippen molar-refractivity contribution in [2.24, 2.45) is 0 Å². The van der Waals surface area contributed by atoms with E-state index in [1.807, 2.05) is 0 Å². The second-order valence-corrected chi connectivity index (χ2v) is 20.1. The molecule has 0 bridgehead atoms. The van der Waals surface area contributed by atoms with Crippen LogP contribution < -0.4 is 0 Å². The number of allylic oxidation sites excluding steroid dienone is 14. The Morgan fingerprint density at radius 1 is 0.618 bits per heavy atom. The van der Waals surface area contributed by atoms with Gasteiger partial charge >= 0.3 is 0 Å². The van der Waals surface area contributed by atoms with Gasteiger partial charge in [0.25, 0.3) is 0 Å². The molecule has 0 spiro atoms. The van der Waals surface area contributed by atoms with Crippen molar-refractivity contribution in [3.05, 3.63) is 249 Å². The lowest BCUT2D eigenvalue weighted by Crippen LogP contribution is -2.21. The van der Waals surface area contributed by atoms with E-state index in [2.05, 4.69) is 252 Å². The maximum absolute atomic E-state index is 4.55. The van der Waals surface area contributed by atoms with Gasteiger partial charge in [0, 0.05) is 51.0 Å². The first-order chi connectivity index (χ1) is 32.9. The first-order valence-corrected chi connectivity index (χ1v) is 24.4. The van der Waals surface area contributed by atoms with Gasteiger partial charge in [-0.15, -0.1) is 0 Å². The van der Waals surface area contributed by atoms with E-state index in [4.69, 9.17) is 0 Å². The molecular formula is C66H60N2. The Labute approximate surface area is 403 Å². The fourth-order valence-corrected chi connectivity index (χ4v) is 11.5. The predicted molar refractivity (Wildman–Crippen MR) is 292 cm³/mol. The normalized spacial score (nSPS) is 17.6. The molecule has 5 aromatic carbocycles. The SMILES string of the molecule is C=C1/C=C\C=C/Cc2ccc(-n3c(C)c(/C=C\C=C/C)c4c3C=C(c3ccc5c(c3)c3c(n5-c5ccc6c(c5)C(C)(C)c5ccc(-c7ccccc7)cc5-6)CC=CC=C3)C(C)=CC4)cc2C1(C)C. The van der Waals surface area contributed by atoms with Crippen molar-refractivity contribution in [1.82, 2.24) is 9.13 Å². The first-order valence-electron chi connectivity index (χ1n) is 24.4. The summed E-state index contributed by atoms with van der Waals surface area (Å²) in [5.74, 6) is 0. The minimum absolute atomic E-state index is 0.132.